The van der Waals surface area contributed by atoms with Crippen molar-refractivity contribution in [2.75, 3.05) is 5.43 Å². The number of nitro groups is 1. The van der Waals surface area contributed by atoms with Crippen LogP contribution in [0.2, 0.25) is 0 Å². The number of rotatable bonds is 5. The number of benzene rings is 2. The van der Waals surface area contributed by atoms with Gasteiger partial charge in [0.25, 0.3) is 11.6 Å². The maximum atomic E-state index is 12.7. The van der Waals surface area contributed by atoms with Crippen molar-refractivity contribution in [3.63, 3.8) is 0 Å². The lowest BCUT2D eigenvalue weighted by atomic mass is 10.1. The fraction of sp³-hybridized carbons (Fsp3) is 0.0588. The van der Waals surface area contributed by atoms with E-state index in [9.17, 15) is 28.1 Å². The fourth-order valence-corrected chi connectivity index (χ4v) is 2.36. The Hall–Kier alpha value is -3.89. The van der Waals surface area contributed by atoms with Crippen molar-refractivity contribution in [2.24, 2.45) is 0 Å². The first-order valence-corrected chi connectivity index (χ1v) is 7.76. The number of halogens is 3. The molecule has 11 heteroatoms. The second-order valence-electron chi connectivity index (χ2n) is 5.58. The van der Waals surface area contributed by atoms with Gasteiger partial charge in [0.2, 0.25) is 0 Å². The van der Waals surface area contributed by atoms with Gasteiger partial charge in [0.15, 0.2) is 0 Å². The second kappa shape index (κ2) is 7.39. The van der Waals surface area contributed by atoms with E-state index in [2.05, 4.69) is 15.8 Å². The van der Waals surface area contributed by atoms with Crippen molar-refractivity contribution >= 4 is 17.3 Å². The third-order valence-electron chi connectivity index (χ3n) is 3.76. The number of aromatic nitrogens is 2. The molecule has 0 saturated carbocycles. The molecule has 0 saturated heterocycles. The molecule has 8 nitrogen and oxygen atoms in total. The maximum Gasteiger partial charge on any atom is 0.416 e. The molecule has 1 amide bonds. The van der Waals surface area contributed by atoms with Crippen LogP contribution in [0.3, 0.4) is 0 Å². The molecule has 2 aromatic carbocycles. The Kier molecular flexibility index (Phi) is 4.98. The molecular formula is C17H12F3N5O3. The molecule has 3 aromatic rings. The molecule has 2 N–H and O–H groups in total. The van der Waals surface area contributed by atoms with E-state index in [-0.39, 0.29) is 11.3 Å². The zero-order valence-electron chi connectivity index (χ0n) is 14.0. The lowest BCUT2D eigenvalue weighted by molar-refractivity contribution is -0.384. The maximum absolute atomic E-state index is 12.7. The minimum atomic E-state index is -4.72. The lowest BCUT2D eigenvalue weighted by Crippen LogP contribution is -2.29. The van der Waals surface area contributed by atoms with Crippen LogP contribution >= 0.6 is 0 Å². The molecule has 0 aliphatic carbocycles. The minimum Gasteiger partial charge on any atom is -0.306 e. The summed E-state index contributed by atoms with van der Waals surface area (Å²) < 4.78 is 39.9. The first-order chi connectivity index (χ1) is 13.3. The standard InChI is InChI=1S/C17H12F3N5O3/c18-17(19,20)12-3-6-14(15(9-12)25(27)28)22-23-16(26)11-1-4-13(5-2-11)24-8-7-21-10-24/h1-10,22H,(H,23,26). The van der Waals surface area contributed by atoms with Gasteiger partial charge < -0.3 is 4.57 Å². The van der Waals surface area contributed by atoms with E-state index in [1.807, 2.05) is 0 Å². The largest absolute Gasteiger partial charge is 0.416 e. The summed E-state index contributed by atoms with van der Waals surface area (Å²) in [5.74, 6) is -0.619. The van der Waals surface area contributed by atoms with Crippen molar-refractivity contribution in [1.82, 2.24) is 15.0 Å². The van der Waals surface area contributed by atoms with E-state index in [0.29, 0.717) is 12.1 Å². The Morgan fingerprint density at radius 2 is 1.86 bits per heavy atom. The third-order valence-corrected chi connectivity index (χ3v) is 3.76. The zero-order valence-corrected chi connectivity index (χ0v) is 14.0. The van der Waals surface area contributed by atoms with E-state index < -0.39 is 28.3 Å². The number of hydrazine groups is 1. The monoisotopic (exact) mass is 391 g/mol. The van der Waals surface area contributed by atoms with Crippen molar-refractivity contribution in [2.45, 2.75) is 6.18 Å². The molecule has 3 rings (SSSR count). The SMILES string of the molecule is O=C(NNc1ccc(C(F)(F)F)cc1[N+](=O)[O-])c1ccc(-n2ccnc2)cc1. The molecule has 0 atom stereocenters. The number of nitrogens with zero attached hydrogens (tertiary/aromatic N) is 3. The molecule has 0 unspecified atom stereocenters. The molecular weight excluding hydrogens is 379 g/mol. The van der Waals surface area contributed by atoms with Crippen LogP contribution < -0.4 is 10.9 Å². The molecule has 0 aliphatic rings. The van der Waals surface area contributed by atoms with Crippen LogP contribution in [0.4, 0.5) is 24.5 Å². The highest BCUT2D eigenvalue weighted by Crippen LogP contribution is 2.34. The predicted octanol–water partition coefficient (Wildman–Crippen LogP) is 3.56. The minimum absolute atomic E-state index is 0.242. The number of alkyl halides is 3. The Morgan fingerprint density at radius 3 is 2.43 bits per heavy atom. The average molecular weight is 391 g/mol. The van der Waals surface area contributed by atoms with Crippen molar-refractivity contribution in [1.29, 1.82) is 0 Å². The van der Waals surface area contributed by atoms with Gasteiger partial charge in [0.05, 0.1) is 16.8 Å². The average Bonchev–Trinajstić information content (AvgIpc) is 3.20. The van der Waals surface area contributed by atoms with Gasteiger partial charge in [-0.2, -0.15) is 13.2 Å². The molecule has 0 spiro atoms. The smallest absolute Gasteiger partial charge is 0.306 e. The highest BCUT2D eigenvalue weighted by Gasteiger charge is 2.33. The summed E-state index contributed by atoms with van der Waals surface area (Å²) in [5.41, 5.74) is 3.27. The molecule has 0 radical (unpaired) electrons. The highest BCUT2D eigenvalue weighted by atomic mass is 19.4. The van der Waals surface area contributed by atoms with Crippen molar-refractivity contribution in [3.05, 3.63) is 82.4 Å². The Balaban J connectivity index is 1.73. The predicted molar refractivity (Wildman–Crippen MR) is 92.8 cm³/mol. The first-order valence-electron chi connectivity index (χ1n) is 7.76. The number of hydrogen-bond acceptors (Lipinski definition) is 5. The van der Waals surface area contributed by atoms with Crippen LogP contribution in [0, 0.1) is 10.1 Å². The number of imidazole rings is 1. The molecule has 144 valence electrons. The van der Waals surface area contributed by atoms with Gasteiger partial charge in [-0.25, -0.2) is 4.98 Å². The molecule has 1 heterocycles. The number of amides is 1. The summed E-state index contributed by atoms with van der Waals surface area (Å²) in [7, 11) is 0. The van der Waals surface area contributed by atoms with E-state index >= 15 is 0 Å². The third kappa shape index (κ3) is 4.09. The summed E-state index contributed by atoms with van der Waals surface area (Å²) in [5, 5.41) is 11.0. The summed E-state index contributed by atoms with van der Waals surface area (Å²) in [4.78, 5) is 26.2. The van der Waals surface area contributed by atoms with Gasteiger partial charge in [-0.3, -0.25) is 25.8 Å². The van der Waals surface area contributed by atoms with Crippen molar-refractivity contribution in [3.8, 4) is 5.69 Å². The Morgan fingerprint density at radius 1 is 1.14 bits per heavy atom. The fourth-order valence-electron chi connectivity index (χ4n) is 2.36. The number of carbonyl (C=O) groups excluding carboxylic acids is 1. The summed E-state index contributed by atoms with van der Waals surface area (Å²) in [6.07, 6.45) is 0.186. The number of hydrogen-bond donors (Lipinski definition) is 2. The van der Waals surface area contributed by atoms with E-state index in [1.165, 1.54) is 12.1 Å². The van der Waals surface area contributed by atoms with Crippen LogP contribution in [-0.2, 0) is 6.18 Å². The van der Waals surface area contributed by atoms with E-state index in [1.54, 1.807) is 35.4 Å². The zero-order chi connectivity index (χ0) is 20.3. The van der Waals surface area contributed by atoms with Gasteiger partial charge in [-0.05, 0) is 36.4 Å². The first kappa shape index (κ1) is 18.9. The van der Waals surface area contributed by atoms with Crippen molar-refractivity contribution < 1.29 is 22.9 Å². The molecule has 1 aromatic heterocycles. The molecule has 0 aliphatic heterocycles. The Labute approximate surface area is 155 Å². The van der Waals surface area contributed by atoms with Gasteiger partial charge in [0, 0.05) is 29.7 Å². The normalized spacial score (nSPS) is 11.1. The van der Waals surface area contributed by atoms with Gasteiger partial charge in [-0.1, -0.05) is 0 Å². The number of anilines is 1. The van der Waals surface area contributed by atoms with Gasteiger partial charge >= 0.3 is 6.18 Å². The summed E-state index contributed by atoms with van der Waals surface area (Å²) in [6, 6.07) is 8.33. The van der Waals surface area contributed by atoms with Crippen LogP contribution in [0.15, 0.2) is 61.2 Å². The van der Waals surface area contributed by atoms with Crippen LogP contribution in [-0.4, -0.2) is 20.4 Å². The van der Waals surface area contributed by atoms with E-state index in [0.717, 1.165) is 11.8 Å². The summed E-state index contributed by atoms with van der Waals surface area (Å²) >= 11 is 0. The molecule has 0 fully saturated rings. The number of nitro benzene ring substituents is 1. The quantitative estimate of drug-likeness (QED) is 0.512. The van der Waals surface area contributed by atoms with Gasteiger partial charge in [-0.15, -0.1) is 0 Å². The number of nitrogens with one attached hydrogen (secondary N) is 2. The molecule has 28 heavy (non-hydrogen) atoms. The van der Waals surface area contributed by atoms with Crippen LogP contribution in [0.5, 0.6) is 0 Å². The highest BCUT2D eigenvalue weighted by molar-refractivity contribution is 5.95. The second-order valence-corrected chi connectivity index (χ2v) is 5.58. The van der Waals surface area contributed by atoms with E-state index in [4.69, 9.17) is 0 Å². The molecule has 0 bridgehead atoms. The van der Waals surface area contributed by atoms with Crippen LogP contribution in [0.25, 0.3) is 5.69 Å². The van der Waals surface area contributed by atoms with Gasteiger partial charge in [0.1, 0.15) is 5.69 Å². The summed E-state index contributed by atoms with van der Waals surface area (Å²) in [6.45, 7) is 0. The van der Waals surface area contributed by atoms with Crippen LogP contribution in [0.1, 0.15) is 15.9 Å². The Bertz CT molecular complexity index is 1000. The topological polar surface area (TPSA) is 102 Å². The number of carbonyl (C=O) groups is 1. The lowest BCUT2D eigenvalue weighted by Gasteiger charge is -2.12.